The predicted molar refractivity (Wildman–Crippen MR) is 82.7 cm³/mol. The highest BCUT2D eigenvalue weighted by molar-refractivity contribution is 9.10. The van der Waals surface area contributed by atoms with Gasteiger partial charge in [0.25, 0.3) is 0 Å². The van der Waals surface area contributed by atoms with Crippen molar-refractivity contribution in [1.82, 2.24) is 10.2 Å². The summed E-state index contributed by atoms with van der Waals surface area (Å²) in [6, 6.07) is 5.10. The average Bonchev–Trinajstić information content (AvgIpc) is 2.33. The lowest BCUT2D eigenvalue weighted by Gasteiger charge is -2.27. The third-order valence-electron chi connectivity index (χ3n) is 3.40. The fourth-order valence-electron chi connectivity index (χ4n) is 2.19. The molecule has 0 radical (unpaired) electrons. The highest BCUT2D eigenvalue weighted by atomic mass is 79.9. The third-order valence-corrected chi connectivity index (χ3v) is 3.90. The molecule has 1 atom stereocenters. The van der Waals surface area contributed by atoms with E-state index in [2.05, 4.69) is 40.0 Å². The van der Waals surface area contributed by atoms with Crippen molar-refractivity contribution in [3.63, 3.8) is 0 Å². The van der Waals surface area contributed by atoms with Crippen LogP contribution in [0.5, 0.6) is 0 Å². The van der Waals surface area contributed by atoms with Crippen LogP contribution in [-0.4, -0.2) is 32.1 Å². The van der Waals surface area contributed by atoms with Crippen LogP contribution in [0.25, 0.3) is 0 Å². The van der Waals surface area contributed by atoms with Crippen LogP contribution in [0.1, 0.15) is 19.4 Å². The molecule has 0 bridgehead atoms. The molecule has 19 heavy (non-hydrogen) atoms. The van der Waals surface area contributed by atoms with Gasteiger partial charge in [-0.05, 0) is 50.7 Å². The van der Waals surface area contributed by atoms with E-state index >= 15 is 0 Å². The molecular weight excluding hydrogens is 307 g/mol. The second kappa shape index (κ2) is 7.98. The summed E-state index contributed by atoms with van der Waals surface area (Å²) in [6.45, 7) is 7.05. The first-order valence-electron chi connectivity index (χ1n) is 6.71. The largest absolute Gasteiger partial charge is 0.319 e. The van der Waals surface area contributed by atoms with E-state index in [0.717, 1.165) is 23.1 Å². The topological polar surface area (TPSA) is 15.3 Å². The SMILES string of the molecule is CNCC(CN(C)Cc1cc(Br)ccc1F)C(C)C. The Kier molecular flexibility index (Phi) is 6.97. The van der Waals surface area contributed by atoms with Crippen LogP contribution in [0.3, 0.4) is 0 Å². The molecule has 2 nitrogen and oxygen atoms in total. The van der Waals surface area contributed by atoms with Crippen molar-refractivity contribution >= 4 is 15.9 Å². The Hall–Kier alpha value is -0.450. The van der Waals surface area contributed by atoms with Gasteiger partial charge in [0.2, 0.25) is 0 Å². The Labute approximate surface area is 124 Å². The van der Waals surface area contributed by atoms with Gasteiger partial charge in [-0.1, -0.05) is 29.8 Å². The lowest BCUT2D eigenvalue weighted by Crippen LogP contribution is -2.34. The summed E-state index contributed by atoms with van der Waals surface area (Å²) < 4.78 is 14.6. The smallest absolute Gasteiger partial charge is 0.127 e. The molecule has 1 aromatic rings. The van der Waals surface area contributed by atoms with Gasteiger partial charge in [0.15, 0.2) is 0 Å². The number of benzene rings is 1. The summed E-state index contributed by atoms with van der Waals surface area (Å²) in [6.07, 6.45) is 0. The summed E-state index contributed by atoms with van der Waals surface area (Å²) in [7, 11) is 4.02. The van der Waals surface area contributed by atoms with Crippen LogP contribution in [0.4, 0.5) is 4.39 Å². The Morgan fingerprint density at radius 3 is 2.63 bits per heavy atom. The van der Waals surface area contributed by atoms with Crippen molar-refractivity contribution in [2.24, 2.45) is 11.8 Å². The van der Waals surface area contributed by atoms with Crippen molar-refractivity contribution in [3.05, 3.63) is 34.1 Å². The molecular formula is C15H24BrFN2. The summed E-state index contributed by atoms with van der Waals surface area (Å²) in [5.41, 5.74) is 0.740. The molecule has 0 saturated heterocycles. The van der Waals surface area contributed by atoms with E-state index in [9.17, 15) is 4.39 Å². The molecule has 0 aliphatic heterocycles. The highest BCUT2D eigenvalue weighted by Crippen LogP contribution is 2.18. The van der Waals surface area contributed by atoms with Gasteiger partial charge >= 0.3 is 0 Å². The quantitative estimate of drug-likeness (QED) is 0.822. The average molecular weight is 331 g/mol. The van der Waals surface area contributed by atoms with Crippen molar-refractivity contribution < 1.29 is 4.39 Å². The zero-order valence-corrected chi connectivity index (χ0v) is 13.8. The lowest BCUT2D eigenvalue weighted by atomic mass is 9.95. The second-order valence-electron chi connectivity index (χ2n) is 5.49. The van der Waals surface area contributed by atoms with Crippen molar-refractivity contribution in [1.29, 1.82) is 0 Å². The van der Waals surface area contributed by atoms with Crippen molar-refractivity contribution in [3.8, 4) is 0 Å². The maximum atomic E-state index is 13.7. The van der Waals surface area contributed by atoms with E-state index in [4.69, 9.17) is 0 Å². The second-order valence-corrected chi connectivity index (χ2v) is 6.41. The number of hydrogen-bond acceptors (Lipinski definition) is 2. The normalized spacial score (nSPS) is 13.3. The molecule has 0 saturated carbocycles. The zero-order chi connectivity index (χ0) is 14.4. The van der Waals surface area contributed by atoms with E-state index in [1.54, 1.807) is 6.07 Å². The Balaban J connectivity index is 2.63. The van der Waals surface area contributed by atoms with E-state index in [1.807, 2.05) is 20.2 Å². The molecule has 1 unspecified atom stereocenters. The van der Waals surface area contributed by atoms with Gasteiger partial charge in [-0.25, -0.2) is 4.39 Å². The number of rotatable bonds is 7. The summed E-state index contributed by atoms with van der Waals surface area (Å²) in [4.78, 5) is 2.19. The van der Waals surface area contributed by atoms with Gasteiger partial charge in [-0.15, -0.1) is 0 Å². The Morgan fingerprint density at radius 2 is 2.05 bits per heavy atom. The molecule has 0 aliphatic carbocycles. The van der Waals surface area contributed by atoms with Crippen LogP contribution in [0, 0.1) is 17.7 Å². The van der Waals surface area contributed by atoms with Crippen LogP contribution in [0.15, 0.2) is 22.7 Å². The molecule has 0 fully saturated rings. The standard InChI is InChI=1S/C15H24BrFN2/c1-11(2)13(8-18-3)10-19(4)9-12-7-14(16)5-6-15(12)17/h5-7,11,13,18H,8-10H2,1-4H3. The lowest BCUT2D eigenvalue weighted by molar-refractivity contribution is 0.225. The number of nitrogens with zero attached hydrogens (tertiary/aromatic N) is 1. The maximum Gasteiger partial charge on any atom is 0.127 e. The van der Waals surface area contributed by atoms with E-state index in [0.29, 0.717) is 18.4 Å². The monoisotopic (exact) mass is 330 g/mol. The Morgan fingerprint density at radius 1 is 1.37 bits per heavy atom. The van der Waals surface area contributed by atoms with Gasteiger partial charge in [-0.3, -0.25) is 0 Å². The molecule has 0 amide bonds. The van der Waals surface area contributed by atoms with Crippen LogP contribution in [0.2, 0.25) is 0 Å². The molecule has 1 N–H and O–H groups in total. The first kappa shape index (κ1) is 16.6. The maximum absolute atomic E-state index is 13.7. The fourth-order valence-corrected chi connectivity index (χ4v) is 2.60. The van der Waals surface area contributed by atoms with Gasteiger partial charge in [0, 0.05) is 23.1 Å². The van der Waals surface area contributed by atoms with Crippen LogP contribution in [-0.2, 0) is 6.54 Å². The molecule has 0 heterocycles. The molecule has 1 rings (SSSR count). The van der Waals surface area contributed by atoms with E-state index in [-0.39, 0.29) is 5.82 Å². The minimum Gasteiger partial charge on any atom is -0.319 e. The Bertz CT molecular complexity index is 396. The van der Waals surface area contributed by atoms with E-state index in [1.165, 1.54) is 6.07 Å². The van der Waals surface area contributed by atoms with Gasteiger partial charge in [-0.2, -0.15) is 0 Å². The van der Waals surface area contributed by atoms with Gasteiger partial charge in [0.05, 0.1) is 0 Å². The molecule has 108 valence electrons. The minimum absolute atomic E-state index is 0.134. The predicted octanol–water partition coefficient (Wildman–Crippen LogP) is 3.51. The van der Waals surface area contributed by atoms with Gasteiger partial charge < -0.3 is 10.2 Å². The third kappa shape index (κ3) is 5.59. The van der Waals surface area contributed by atoms with E-state index < -0.39 is 0 Å². The van der Waals surface area contributed by atoms with Crippen LogP contribution < -0.4 is 5.32 Å². The van der Waals surface area contributed by atoms with Crippen molar-refractivity contribution in [2.45, 2.75) is 20.4 Å². The van der Waals surface area contributed by atoms with Gasteiger partial charge in [0.1, 0.15) is 5.82 Å². The first-order chi connectivity index (χ1) is 8.93. The van der Waals surface area contributed by atoms with Crippen molar-refractivity contribution in [2.75, 3.05) is 27.2 Å². The molecule has 0 aromatic heterocycles. The molecule has 1 aromatic carbocycles. The number of hydrogen-bond donors (Lipinski definition) is 1. The molecule has 0 spiro atoms. The first-order valence-corrected chi connectivity index (χ1v) is 7.50. The summed E-state index contributed by atoms with van der Waals surface area (Å²) >= 11 is 3.39. The molecule has 0 aliphatic rings. The number of nitrogens with one attached hydrogen (secondary N) is 1. The van der Waals surface area contributed by atoms with Crippen LogP contribution >= 0.6 is 15.9 Å². The minimum atomic E-state index is -0.134. The summed E-state index contributed by atoms with van der Waals surface area (Å²) in [5, 5.41) is 3.23. The fraction of sp³-hybridized carbons (Fsp3) is 0.600. The summed E-state index contributed by atoms with van der Waals surface area (Å²) in [5.74, 6) is 1.05. The molecule has 4 heteroatoms. The zero-order valence-electron chi connectivity index (χ0n) is 12.2. The highest BCUT2D eigenvalue weighted by Gasteiger charge is 2.16. The number of halogens is 2.